The molecule has 0 aliphatic carbocycles. The lowest BCUT2D eigenvalue weighted by Crippen LogP contribution is -2.34. The van der Waals surface area contributed by atoms with E-state index in [4.69, 9.17) is 5.73 Å². The third-order valence-electron chi connectivity index (χ3n) is 3.42. The van der Waals surface area contributed by atoms with Crippen molar-refractivity contribution < 1.29 is 16.8 Å². The summed E-state index contributed by atoms with van der Waals surface area (Å²) in [7, 11) is -6.95. The summed E-state index contributed by atoms with van der Waals surface area (Å²) in [5, 5.41) is -0.635. The van der Waals surface area contributed by atoms with Crippen molar-refractivity contribution in [2.45, 2.75) is 29.9 Å². The van der Waals surface area contributed by atoms with E-state index in [0.29, 0.717) is 12.8 Å². The summed E-state index contributed by atoms with van der Waals surface area (Å²) in [5.41, 5.74) is 6.73. The Bertz CT molecular complexity index is 711. The van der Waals surface area contributed by atoms with Crippen molar-refractivity contribution in [3.05, 3.63) is 23.8 Å². The molecule has 2 rings (SSSR count). The Kier molecular flexibility index (Phi) is 4.08. The van der Waals surface area contributed by atoms with Crippen molar-refractivity contribution in [2.24, 2.45) is 0 Å². The van der Waals surface area contributed by atoms with E-state index in [1.54, 1.807) is 12.1 Å². The van der Waals surface area contributed by atoms with E-state index in [2.05, 4.69) is 4.72 Å². The van der Waals surface area contributed by atoms with Crippen LogP contribution in [0.2, 0.25) is 0 Å². The summed E-state index contributed by atoms with van der Waals surface area (Å²) in [5.74, 6) is 0.131. The third-order valence-corrected chi connectivity index (χ3v) is 7.19. The maximum Gasteiger partial charge on any atom is 0.242 e. The van der Waals surface area contributed by atoms with Crippen LogP contribution in [0.25, 0.3) is 0 Å². The number of sulfonamides is 1. The second kappa shape index (κ2) is 5.34. The molecule has 1 fully saturated rings. The second-order valence-corrected chi connectivity index (χ2v) is 9.16. The van der Waals surface area contributed by atoms with Crippen LogP contribution in [0, 0.1) is 6.92 Å². The van der Waals surface area contributed by atoms with Crippen LogP contribution < -0.4 is 10.5 Å². The molecule has 1 aliphatic heterocycles. The minimum atomic E-state index is -3.78. The van der Waals surface area contributed by atoms with E-state index >= 15 is 0 Å². The number of benzene rings is 1. The number of anilines is 1. The van der Waals surface area contributed by atoms with Crippen molar-refractivity contribution in [1.82, 2.24) is 4.72 Å². The second-order valence-electron chi connectivity index (χ2n) is 5.02. The maximum absolute atomic E-state index is 12.1. The Hall–Kier alpha value is -1.12. The highest BCUT2D eigenvalue weighted by molar-refractivity contribution is 7.92. The van der Waals surface area contributed by atoms with E-state index in [9.17, 15) is 16.8 Å². The van der Waals surface area contributed by atoms with Gasteiger partial charge in [0, 0.05) is 6.54 Å². The van der Waals surface area contributed by atoms with Gasteiger partial charge in [0.1, 0.15) is 4.90 Å². The number of nitrogens with one attached hydrogen (secondary N) is 1. The molecular weight excluding hydrogens is 300 g/mol. The molecule has 1 aromatic rings. The van der Waals surface area contributed by atoms with Crippen LogP contribution in [0.1, 0.15) is 18.4 Å². The summed E-state index contributed by atoms with van der Waals surface area (Å²) >= 11 is 0. The summed E-state index contributed by atoms with van der Waals surface area (Å²) in [6.45, 7) is 1.71. The Labute approximate surface area is 119 Å². The zero-order valence-corrected chi connectivity index (χ0v) is 12.8. The lowest BCUT2D eigenvalue weighted by Gasteiger charge is -2.13. The van der Waals surface area contributed by atoms with Gasteiger partial charge in [0.15, 0.2) is 9.84 Å². The number of aryl methyl sites for hydroxylation is 1. The van der Waals surface area contributed by atoms with Gasteiger partial charge in [0.05, 0.1) is 16.7 Å². The van der Waals surface area contributed by atoms with E-state index in [-0.39, 0.29) is 22.9 Å². The van der Waals surface area contributed by atoms with Gasteiger partial charge in [-0.25, -0.2) is 21.6 Å². The standard InChI is InChI=1S/C12H18N2O4S2/c1-9-4-5-12(11(13)7-9)20(17,18)14-8-10-3-2-6-19(10,15)16/h4-5,7,10,14H,2-3,6,8,13H2,1H3. The molecule has 6 nitrogen and oxygen atoms in total. The van der Waals surface area contributed by atoms with Gasteiger partial charge in [-0.3, -0.25) is 0 Å². The fourth-order valence-corrected chi connectivity index (χ4v) is 5.34. The average Bonchev–Trinajstić information content (AvgIpc) is 2.65. The first-order valence-corrected chi connectivity index (χ1v) is 9.49. The quantitative estimate of drug-likeness (QED) is 0.783. The summed E-state index contributed by atoms with van der Waals surface area (Å²) in [6.07, 6.45) is 1.08. The lowest BCUT2D eigenvalue weighted by atomic mass is 10.2. The van der Waals surface area contributed by atoms with Gasteiger partial charge in [-0.15, -0.1) is 0 Å². The first-order chi connectivity index (χ1) is 9.22. The summed E-state index contributed by atoms with van der Waals surface area (Å²) in [4.78, 5) is -0.0153. The molecule has 0 radical (unpaired) electrons. The van der Waals surface area contributed by atoms with Gasteiger partial charge in [0.25, 0.3) is 0 Å². The molecule has 1 unspecified atom stereocenters. The highest BCUT2D eigenvalue weighted by Crippen LogP contribution is 2.22. The number of hydrogen-bond donors (Lipinski definition) is 2. The normalized spacial score (nSPS) is 21.9. The monoisotopic (exact) mass is 318 g/mol. The van der Waals surface area contributed by atoms with E-state index in [1.165, 1.54) is 6.07 Å². The summed E-state index contributed by atoms with van der Waals surface area (Å²) < 4.78 is 50.0. The molecule has 8 heteroatoms. The van der Waals surface area contributed by atoms with E-state index in [0.717, 1.165) is 5.56 Å². The van der Waals surface area contributed by atoms with Gasteiger partial charge >= 0.3 is 0 Å². The number of sulfone groups is 1. The average molecular weight is 318 g/mol. The van der Waals surface area contributed by atoms with Crippen molar-refractivity contribution >= 4 is 25.5 Å². The zero-order chi connectivity index (χ0) is 15.0. The molecule has 20 heavy (non-hydrogen) atoms. The predicted molar refractivity (Wildman–Crippen MR) is 77.6 cm³/mol. The van der Waals surface area contributed by atoms with Crippen LogP contribution >= 0.6 is 0 Å². The molecule has 1 aliphatic rings. The first kappa shape index (κ1) is 15.3. The molecule has 3 N–H and O–H groups in total. The molecule has 0 aromatic heterocycles. The molecule has 112 valence electrons. The lowest BCUT2D eigenvalue weighted by molar-refractivity contribution is 0.571. The molecule has 1 atom stereocenters. The highest BCUT2D eigenvalue weighted by Gasteiger charge is 2.32. The summed E-state index contributed by atoms with van der Waals surface area (Å²) in [6, 6.07) is 4.65. The highest BCUT2D eigenvalue weighted by atomic mass is 32.2. The largest absolute Gasteiger partial charge is 0.398 e. The molecule has 1 aromatic carbocycles. The molecule has 0 bridgehead atoms. The number of hydrogen-bond acceptors (Lipinski definition) is 5. The van der Waals surface area contributed by atoms with Crippen molar-refractivity contribution in [3.8, 4) is 0 Å². The molecule has 0 amide bonds. The fourth-order valence-electron chi connectivity index (χ4n) is 2.28. The van der Waals surface area contributed by atoms with Crippen LogP contribution in [-0.2, 0) is 19.9 Å². The van der Waals surface area contributed by atoms with Crippen molar-refractivity contribution in [1.29, 1.82) is 0 Å². The number of rotatable bonds is 4. The molecule has 1 saturated heterocycles. The van der Waals surface area contributed by atoms with Crippen LogP contribution in [0.5, 0.6) is 0 Å². The van der Waals surface area contributed by atoms with E-state index < -0.39 is 25.1 Å². The third kappa shape index (κ3) is 3.13. The van der Waals surface area contributed by atoms with Gasteiger partial charge in [-0.1, -0.05) is 6.07 Å². The molecule has 1 heterocycles. The van der Waals surface area contributed by atoms with Gasteiger partial charge < -0.3 is 5.73 Å². The van der Waals surface area contributed by atoms with Crippen molar-refractivity contribution in [2.75, 3.05) is 18.0 Å². The van der Waals surface area contributed by atoms with Gasteiger partial charge in [0.2, 0.25) is 10.0 Å². The topological polar surface area (TPSA) is 106 Å². The Balaban J connectivity index is 2.16. The van der Waals surface area contributed by atoms with Crippen LogP contribution in [0.15, 0.2) is 23.1 Å². The molecule has 0 spiro atoms. The SMILES string of the molecule is Cc1ccc(S(=O)(=O)NCC2CCCS2(=O)=O)c(N)c1. The number of nitrogens with two attached hydrogens (primary N) is 1. The first-order valence-electron chi connectivity index (χ1n) is 6.30. The van der Waals surface area contributed by atoms with Crippen LogP contribution in [0.3, 0.4) is 0 Å². The van der Waals surface area contributed by atoms with E-state index in [1.807, 2.05) is 6.92 Å². The Morgan fingerprint density at radius 3 is 2.65 bits per heavy atom. The Morgan fingerprint density at radius 1 is 1.40 bits per heavy atom. The van der Waals surface area contributed by atoms with Crippen LogP contribution in [0.4, 0.5) is 5.69 Å². The van der Waals surface area contributed by atoms with Gasteiger partial charge in [-0.2, -0.15) is 0 Å². The van der Waals surface area contributed by atoms with Crippen molar-refractivity contribution in [3.63, 3.8) is 0 Å². The van der Waals surface area contributed by atoms with Crippen LogP contribution in [-0.4, -0.2) is 34.4 Å². The molecule has 0 saturated carbocycles. The minimum absolute atomic E-state index is 0.0153. The fraction of sp³-hybridized carbons (Fsp3) is 0.500. The smallest absolute Gasteiger partial charge is 0.242 e. The molecular formula is C12H18N2O4S2. The Morgan fingerprint density at radius 2 is 2.10 bits per heavy atom. The maximum atomic E-state index is 12.1. The predicted octanol–water partition coefficient (Wildman–Crippen LogP) is 0.433. The zero-order valence-electron chi connectivity index (χ0n) is 11.2. The van der Waals surface area contributed by atoms with Gasteiger partial charge in [-0.05, 0) is 37.5 Å². The minimum Gasteiger partial charge on any atom is -0.398 e. The number of nitrogen functional groups attached to an aromatic ring is 1.